The lowest BCUT2D eigenvalue weighted by Gasteiger charge is -2.18. The Bertz CT molecular complexity index is 865. The van der Waals surface area contributed by atoms with Crippen LogP contribution in [0.2, 0.25) is 0 Å². The van der Waals surface area contributed by atoms with Crippen LogP contribution < -0.4 is 16.0 Å². The van der Waals surface area contributed by atoms with Crippen molar-refractivity contribution in [2.24, 2.45) is 5.92 Å². The Hall–Kier alpha value is -3.03. The number of hydrogen-bond acceptors (Lipinski definition) is 2. The van der Waals surface area contributed by atoms with Crippen molar-refractivity contribution in [3.63, 3.8) is 0 Å². The van der Waals surface area contributed by atoms with Crippen molar-refractivity contribution >= 4 is 23.3 Å². The highest BCUT2D eigenvalue weighted by Gasteiger charge is 2.35. The van der Waals surface area contributed by atoms with Crippen LogP contribution in [0.1, 0.15) is 35.7 Å². The molecular weight excluding hydrogens is 371 g/mol. The summed E-state index contributed by atoms with van der Waals surface area (Å²) in [6.07, 6.45) is -2.69. The van der Waals surface area contributed by atoms with E-state index in [4.69, 9.17) is 0 Å². The van der Waals surface area contributed by atoms with Crippen LogP contribution in [-0.2, 0) is 6.18 Å². The Labute approximate surface area is 160 Å². The molecule has 1 atom stereocenters. The van der Waals surface area contributed by atoms with Crippen LogP contribution in [0.4, 0.5) is 29.3 Å². The zero-order valence-electron chi connectivity index (χ0n) is 15.1. The third-order valence-electron chi connectivity index (χ3n) is 4.55. The van der Waals surface area contributed by atoms with Crippen LogP contribution in [0.5, 0.6) is 0 Å². The molecule has 0 spiro atoms. The molecule has 0 aromatic heterocycles. The minimum atomic E-state index is -4.70. The summed E-state index contributed by atoms with van der Waals surface area (Å²) in [7, 11) is 0. The van der Waals surface area contributed by atoms with E-state index < -0.39 is 23.7 Å². The largest absolute Gasteiger partial charge is 0.418 e. The molecule has 1 saturated carbocycles. The average Bonchev–Trinajstić information content (AvgIpc) is 3.48. The van der Waals surface area contributed by atoms with Gasteiger partial charge in [0.2, 0.25) is 0 Å². The standard InChI is InChI=1S/C20H20F3N3O2/c1-12(13-7-8-13)24-19(28)26-17-10-9-15(11-16(17)20(21,22)23)25-18(27)14-5-3-2-4-6-14/h2-6,9-13H,7-8H2,1H3,(H,25,27)(H2,24,26,28). The van der Waals surface area contributed by atoms with E-state index in [9.17, 15) is 22.8 Å². The van der Waals surface area contributed by atoms with Crippen molar-refractivity contribution in [3.8, 4) is 0 Å². The van der Waals surface area contributed by atoms with Gasteiger partial charge < -0.3 is 16.0 Å². The number of halogens is 3. The number of hydrogen-bond donors (Lipinski definition) is 3. The number of carbonyl (C=O) groups is 2. The highest BCUT2D eigenvalue weighted by atomic mass is 19.4. The zero-order valence-corrected chi connectivity index (χ0v) is 15.1. The van der Waals surface area contributed by atoms with Crippen LogP contribution in [-0.4, -0.2) is 18.0 Å². The predicted molar refractivity (Wildman–Crippen MR) is 100 cm³/mol. The summed E-state index contributed by atoms with van der Waals surface area (Å²) in [5.74, 6) is -0.145. The predicted octanol–water partition coefficient (Wildman–Crippen LogP) is 4.88. The molecule has 1 aliphatic carbocycles. The number of alkyl halides is 3. The average molecular weight is 391 g/mol. The summed E-state index contributed by atoms with van der Waals surface area (Å²) in [5, 5.41) is 7.35. The molecule has 1 unspecified atom stereocenters. The lowest BCUT2D eigenvalue weighted by molar-refractivity contribution is -0.136. The lowest BCUT2D eigenvalue weighted by atomic mass is 10.1. The van der Waals surface area contributed by atoms with Crippen molar-refractivity contribution in [2.75, 3.05) is 10.6 Å². The van der Waals surface area contributed by atoms with Crippen molar-refractivity contribution < 1.29 is 22.8 Å². The summed E-state index contributed by atoms with van der Waals surface area (Å²) in [4.78, 5) is 24.2. The molecule has 0 bridgehead atoms. The molecule has 3 amide bonds. The minimum absolute atomic E-state index is 0.0153. The fraction of sp³-hybridized carbons (Fsp3) is 0.300. The van der Waals surface area contributed by atoms with Gasteiger partial charge in [-0.15, -0.1) is 0 Å². The summed E-state index contributed by atoms with van der Waals surface area (Å²) < 4.78 is 40.4. The lowest BCUT2D eigenvalue weighted by Crippen LogP contribution is -2.37. The number of anilines is 2. The summed E-state index contributed by atoms with van der Waals surface area (Å²) in [6.45, 7) is 1.82. The molecule has 0 heterocycles. The third kappa shape index (κ3) is 5.03. The maximum Gasteiger partial charge on any atom is 0.418 e. The quantitative estimate of drug-likeness (QED) is 0.680. The molecule has 1 aliphatic rings. The topological polar surface area (TPSA) is 70.2 Å². The van der Waals surface area contributed by atoms with Gasteiger partial charge in [0.15, 0.2) is 0 Å². The van der Waals surface area contributed by atoms with E-state index in [0.29, 0.717) is 11.5 Å². The fourth-order valence-electron chi connectivity index (χ4n) is 2.84. The van der Waals surface area contributed by atoms with Crippen LogP contribution >= 0.6 is 0 Å². The molecule has 2 aromatic carbocycles. The molecular formula is C20H20F3N3O2. The maximum atomic E-state index is 13.5. The molecule has 3 N–H and O–H groups in total. The highest BCUT2D eigenvalue weighted by Crippen LogP contribution is 2.37. The second kappa shape index (κ2) is 7.92. The Morgan fingerprint density at radius 2 is 1.71 bits per heavy atom. The van der Waals surface area contributed by atoms with Crippen molar-refractivity contribution in [1.29, 1.82) is 0 Å². The molecule has 3 rings (SSSR count). The van der Waals surface area contributed by atoms with Gasteiger partial charge in [0.25, 0.3) is 5.91 Å². The van der Waals surface area contributed by atoms with E-state index in [1.165, 1.54) is 6.07 Å². The Morgan fingerprint density at radius 3 is 2.32 bits per heavy atom. The fourth-order valence-corrected chi connectivity index (χ4v) is 2.84. The highest BCUT2D eigenvalue weighted by molar-refractivity contribution is 6.04. The number of nitrogens with one attached hydrogen (secondary N) is 3. The molecule has 2 aromatic rings. The molecule has 1 fully saturated rings. The first-order valence-corrected chi connectivity index (χ1v) is 8.89. The number of benzene rings is 2. The van der Waals surface area contributed by atoms with Gasteiger partial charge in [-0.25, -0.2) is 4.79 Å². The second-order valence-electron chi connectivity index (χ2n) is 6.80. The van der Waals surface area contributed by atoms with Crippen molar-refractivity contribution in [2.45, 2.75) is 32.0 Å². The minimum Gasteiger partial charge on any atom is -0.335 e. The van der Waals surface area contributed by atoms with Gasteiger partial charge in [-0.1, -0.05) is 18.2 Å². The summed E-state index contributed by atoms with van der Waals surface area (Å²) in [6, 6.07) is 10.6. The van der Waals surface area contributed by atoms with Crippen LogP contribution in [0.15, 0.2) is 48.5 Å². The van der Waals surface area contributed by atoms with E-state index in [1.54, 1.807) is 30.3 Å². The summed E-state index contributed by atoms with van der Waals surface area (Å²) in [5.41, 5.74) is -1.09. The van der Waals surface area contributed by atoms with Gasteiger partial charge in [0, 0.05) is 17.3 Å². The first-order chi connectivity index (χ1) is 13.2. The number of carbonyl (C=O) groups excluding carboxylic acids is 2. The number of amides is 3. The first-order valence-electron chi connectivity index (χ1n) is 8.89. The van der Waals surface area contributed by atoms with E-state index in [1.807, 2.05) is 6.92 Å². The molecule has 0 aliphatic heterocycles. The smallest absolute Gasteiger partial charge is 0.335 e. The van der Waals surface area contributed by atoms with E-state index in [-0.39, 0.29) is 17.4 Å². The van der Waals surface area contributed by atoms with Crippen molar-refractivity contribution in [1.82, 2.24) is 5.32 Å². The van der Waals surface area contributed by atoms with Gasteiger partial charge in [-0.3, -0.25) is 4.79 Å². The molecule has 0 saturated heterocycles. The maximum absolute atomic E-state index is 13.5. The summed E-state index contributed by atoms with van der Waals surface area (Å²) >= 11 is 0. The molecule has 148 valence electrons. The van der Waals surface area contributed by atoms with Crippen molar-refractivity contribution in [3.05, 3.63) is 59.7 Å². The SMILES string of the molecule is CC(NC(=O)Nc1ccc(NC(=O)c2ccccc2)cc1C(F)(F)F)C1CC1. The Balaban J connectivity index is 1.76. The van der Waals surface area contributed by atoms with E-state index >= 15 is 0 Å². The Morgan fingerprint density at radius 1 is 1.04 bits per heavy atom. The molecule has 28 heavy (non-hydrogen) atoms. The van der Waals surface area contributed by atoms with Gasteiger partial charge in [0.1, 0.15) is 0 Å². The van der Waals surface area contributed by atoms with Gasteiger partial charge in [0.05, 0.1) is 11.3 Å². The normalized spacial score (nSPS) is 14.9. The van der Waals surface area contributed by atoms with E-state index in [2.05, 4.69) is 16.0 Å². The van der Waals surface area contributed by atoms with Gasteiger partial charge in [-0.05, 0) is 56.0 Å². The molecule has 5 nitrogen and oxygen atoms in total. The third-order valence-corrected chi connectivity index (χ3v) is 4.55. The van der Waals surface area contributed by atoms with E-state index in [0.717, 1.165) is 25.0 Å². The van der Waals surface area contributed by atoms with Crippen LogP contribution in [0, 0.1) is 5.92 Å². The van der Waals surface area contributed by atoms with Gasteiger partial charge in [-0.2, -0.15) is 13.2 Å². The van der Waals surface area contributed by atoms with Crippen LogP contribution in [0.3, 0.4) is 0 Å². The first kappa shape index (κ1) is 19.7. The monoisotopic (exact) mass is 391 g/mol. The van der Waals surface area contributed by atoms with Gasteiger partial charge >= 0.3 is 12.2 Å². The van der Waals surface area contributed by atoms with Crippen LogP contribution in [0.25, 0.3) is 0 Å². The molecule has 0 radical (unpaired) electrons. The number of rotatable bonds is 5. The zero-order chi connectivity index (χ0) is 20.3. The Kier molecular flexibility index (Phi) is 5.58. The molecule has 8 heteroatoms. The number of urea groups is 1. The second-order valence-corrected chi connectivity index (χ2v) is 6.80.